The van der Waals surface area contributed by atoms with Crippen molar-refractivity contribution in [3.63, 3.8) is 0 Å². The number of nitrogens with one attached hydrogen (secondary N) is 1. The largest absolute Gasteiger partial charge is 0.340 e. The average molecular weight is 374 g/mol. The molecule has 4 heterocycles. The molecular formula is C21H16ClN5. The highest BCUT2D eigenvalue weighted by Gasteiger charge is 2.16. The van der Waals surface area contributed by atoms with E-state index >= 15 is 0 Å². The van der Waals surface area contributed by atoms with Crippen molar-refractivity contribution in [3.05, 3.63) is 83.2 Å². The maximum Gasteiger partial charge on any atom is 0.137 e. The van der Waals surface area contributed by atoms with Gasteiger partial charge in [-0.1, -0.05) is 23.7 Å². The Kier molecular flexibility index (Phi) is 3.69. The third-order valence-electron chi connectivity index (χ3n) is 4.67. The second-order valence-electron chi connectivity index (χ2n) is 6.60. The summed E-state index contributed by atoms with van der Waals surface area (Å²) in [6.07, 6.45) is 6.25. The second-order valence-corrected chi connectivity index (χ2v) is 7.04. The summed E-state index contributed by atoms with van der Waals surface area (Å²) in [5.74, 6) is 0.885. The van der Waals surface area contributed by atoms with Crippen LogP contribution in [0, 0.1) is 6.92 Å². The second kappa shape index (κ2) is 6.21. The number of hydrogen-bond acceptors (Lipinski definition) is 3. The van der Waals surface area contributed by atoms with Gasteiger partial charge in [0.2, 0.25) is 0 Å². The third-order valence-corrected chi connectivity index (χ3v) is 4.92. The fourth-order valence-electron chi connectivity index (χ4n) is 3.36. The molecule has 0 fully saturated rings. The van der Waals surface area contributed by atoms with E-state index in [-0.39, 0.29) is 0 Å². The SMILES string of the molecule is Cc1ccn2c(Cc3nc4ccncc4[nH]3)c(-c3ccc(Cl)cc3)nc2c1. The van der Waals surface area contributed by atoms with Crippen molar-refractivity contribution in [2.45, 2.75) is 13.3 Å². The lowest BCUT2D eigenvalue weighted by Gasteiger charge is -2.04. The molecule has 1 N–H and O–H groups in total. The number of rotatable bonds is 3. The molecular weight excluding hydrogens is 358 g/mol. The molecule has 5 aromatic rings. The van der Waals surface area contributed by atoms with Crippen molar-refractivity contribution in [3.8, 4) is 11.3 Å². The first kappa shape index (κ1) is 16.0. The van der Waals surface area contributed by atoms with Crippen LogP contribution in [0.2, 0.25) is 5.02 Å². The van der Waals surface area contributed by atoms with Gasteiger partial charge < -0.3 is 9.38 Å². The maximum absolute atomic E-state index is 6.07. The molecule has 0 aliphatic heterocycles. The standard InChI is InChI=1S/C21H16ClN5/c1-13-7-9-27-18(11-19-24-16-6-8-23-12-17(16)25-19)21(26-20(27)10-13)14-2-4-15(22)5-3-14/h2-10,12H,11H2,1H3,(H,24,25). The van der Waals surface area contributed by atoms with Gasteiger partial charge in [-0.15, -0.1) is 0 Å². The first-order valence-electron chi connectivity index (χ1n) is 8.69. The van der Waals surface area contributed by atoms with Crippen LogP contribution in [0.5, 0.6) is 0 Å². The minimum atomic E-state index is 0.636. The molecule has 1 aromatic carbocycles. The number of imidazole rings is 2. The van der Waals surface area contributed by atoms with E-state index in [0.29, 0.717) is 11.4 Å². The number of aromatic nitrogens is 5. The predicted molar refractivity (Wildman–Crippen MR) is 107 cm³/mol. The summed E-state index contributed by atoms with van der Waals surface area (Å²) in [5.41, 5.74) is 7.01. The van der Waals surface area contributed by atoms with Crippen LogP contribution in [0.25, 0.3) is 27.9 Å². The Hall–Kier alpha value is -3.18. The Labute approximate surface area is 160 Å². The molecule has 0 bridgehead atoms. The Morgan fingerprint density at radius 2 is 1.93 bits per heavy atom. The zero-order valence-electron chi connectivity index (χ0n) is 14.6. The molecule has 0 amide bonds. The molecule has 4 aromatic heterocycles. The fraction of sp³-hybridized carbons (Fsp3) is 0.0952. The van der Waals surface area contributed by atoms with Crippen molar-refractivity contribution in [1.82, 2.24) is 24.3 Å². The van der Waals surface area contributed by atoms with Crippen LogP contribution in [-0.4, -0.2) is 24.3 Å². The summed E-state index contributed by atoms with van der Waals surface area (Å²) in [7, 11) is 0. The van der Waals surface area contributed by atoms with Gasteiger partial charge in [-0.25, -0.2) is 9.97 Å². The molecule has 0 atom stereocenters. The van der Waals surface area contributed by atoms with Crippen molar-refractivity contribution in [2.24, 2.45) is 0 Å². The predicted octanol–water partition coefficient (Wildman–Crippen LogP) is 4.83. The summed E-state index contributed by atoms with van der Waals surface area (Å²) in [5, 5.41) is 0.713. The van der Waals surface area contributed by atoms with Crippen LogP contribution in [0.1, 0.15) is 17.1 Å². The molecule has 0 saturated heterocycles. The molecule has 0 aliphatic rings. The molecule has 0 radical (unpaired) electrons. The number of aryl methyl sites for hydroxylation is 1. The van der Waals surface area contributed by atoms with E-state index in [1.165, 1.54) is 5.56 Å². The third kappa shape index (κ3) is 2.86. The lowest BCUT2D eigenvalue weighted by molar-refractivity contribution is 0.961. The van der Waals surface area contributed by atoms with E-state index in [0.717, 1.165) is 39.5 Å². The summed E-state index contributed by atoms with van der Waals surface area (Å²) in [6.45, 7) is 2.07. The number of H-pyrrole nitrogens is 1. The molecule has 5 rings (SSSR count). The van der Waals surface area contributed by atoms with Crippen LogP contribution >= 0.6 is 11.6 Å². The minimum Gasteiger partial charge on any atom is -0.340 e. The summed E-state index contributed by atoms with van der Waals surface area (Å²) in [6, 6.07) is 13.9. The maximum atomic E-state index is 6.07. The zero-order valence-corrected chi connectivity index (χ0v) is 15.4. The fourth-order valence-corrected chi connectivity index (χ4v) is 3.48. The van der Waals surface area contributed by atoms with Gasteiger partial charge >= 0.3 is 0 Å². The lowest BCUT2D eigenvalue weighted by Crippen LogP contribution is -1.98. The number of benzene rings is 1. The molecule has 0 saturated carbocycles. The van der Waals surface area contributed by atoms with Crippen LogP contribution in [-0.2, 0) is 6.42 Å². The highest BCUT2D eigenvalue weighted by molar-refractivity contribution is 6.30. The van der Waals surface area contributed by atoms with Crippen molar-refractivity contribution in [2.75, 3.05) is 0 Å². The van der Waals surface area contributed by atoms with E-state index in [1.54, 1.807) is 12.4 Å². The van der Waals surface area contributed by atoms with Gasteiger partial charge in [-0.3, -0.25) is 4.98 Å². The summed E-state index contributed by atoms with van der Waals surface area (Å²) in [4.78, 5) is 17.1. The van der Waals surface area contributed by atoms with Gasteiger partial charge in [0.1, 0.15) is 11.5 Å². The van der Waals surface area contributed by atoms with Gasteiger partial charge in [0.25, 0.3) is 0 Å². The van der Waals surface area contributed by atoms with Gasteiger partial charge in [0.15, 0.2) is 0 Å². The van der Waals surface area contributed by atoms with E-state index < -0.39 is 0 Å². The number of halogens is 1. The first-order valence-corrected chi connectivity index (χ1v) is 9.07. The Balaban J connectivity index is 1.68. The molecule has 0 unspecified atom stereocenters. The zero-order chi connectivity index (χ0) is 18.4. The van der Waals surface area contributed by atoms with E-state index in [2.05, 4.69) is 39.6 Å². The van der Waals surface area contributed by atoms with E-state index in [1.807, 2.05) is 30.3 Å². The van der Waals surface area contributed by atoms with Crippen molar-refractivity contribution >= 4 is 28.3 Å². The molecule has 132 valence electrons. The highest BCUT2D eigenvalue weighted by atomic mass is 35.5. The minimum absolute atomic E-state index is 0.636. The number of fused-ring (bicyclic) bond motifs is 2. The smallest absolute Gasteiger partial charge is 0.137 e. The number of pyridine rings is 2. The molecule has 6 heteroatoms. The monoisotopic (exact) mass is 373 g/mol. The Bertz CT molecular complexity index is 1230. The number of aromatic amines is 1. The highest BCUT2D eigenvalue weighted by Crippen LogP contribution is 2.28. The topological polar surface area (TPSA) is 58.9 Å². The molecule has 0 spiro atoms. The lowest BCUT2D eigenvalue weighted by atomic mass is 10.1. The van der Waals surface area contributed by atoms with E-state index in [9.17, 15) is 0 Å². The molecule has 27 heavy (non-hydrogen) atoms. The van der Waals surface area contributed by atoms with Gasteiger partial charge in [0, 0.05) is 29.4 Å². The molecule has 5 nitrogen and oxygen atoms in total. The van der Waals surface area contributed by atoms with Gasteiger partial charge in [-0.05, 0) is 42.8 Å². The van der Waals surface area contributed by atoms with Crippen LogP contribution in [0.15, 0.2) is 61.1 Å². The van der Waals surface area contributed by atoms with Crippen LogP contribution in [0.3, 0.4) is 0 Å². The number of hydrogen-bond donors (Lipinski definition) is 1. The van der Waals surface area contributed by atoms with Gasteiger partial charge in [0.05, 0.1) is 28.6 Å². The first-order chi connectivity index (χ1) is 13.2. The Morgan fingerprint density at radius 1 is 1.07 bits per heavy atom. The summed E-state index contributed by atoms with van der Waals surface area (Å²) < 4.78 is 2.13. The van der Waals surface area contributed by atoms with Crippen molar-refractivity contribution in [1.29, 1.82) is 0 Å². The average Bonchev–Trinajstić information content (AvgIpc) is 3.23. The quantitative estimate of drug-likeness (QED) is 0.493. The molecule has 0 aliphatic carbocycles. The number of nitrogens with zero attached hydrogens (tertiary/aromatic N) is 4. The summed E-state index contributed by atoms with van der Waals surface area (Å²) >= 11 is 6.07. The van der Waals surface area contributed by atoms with Crippen LogP contribution in [0.4, 0.5) is 0 Å². The van der Waals surface area contributed by atoms with E-state index in [4.69, 9.17) is 21.6 Å². The van der Waals surface area contributed by atoms with Crippen LogP contribution < -0.4 is 0 Å². The normalized spacial score (nSPS) is 11.5. The Morgan fingerprint density at radius 3 is 2.74 bits per heavy atom. The van der Waals surface area contributed by atoms with Crippen molar-refractivity contribution < 1.29 is 0 Å². The van der Waals surface area contributed by atoms with Gasteiger partial charge in [-0.2, -0.15) is 0 Å².